The highest BCUT2D eigenvalue weighted by molar-refractivity contribution is 5.28. The van der Waals surface area contributed by atoms with Gasteiger partial charge in [-0.3, -0.25) is 0 Å². The van der Waals surface area contributed by atoms with Crippen molar-refractivity contribution >= 4 is 0 Å². The Balaban J connectivity index is 2.59. The van der Waals surface area contributed by atoms with Crippen molar-refractivity contribution < 1.29 is 9.47 Å². The van der Waals surface area contributed by atoms with E-state index in [4.69, 9.17) is 15.2 Å². The summed E-state index contributed by atoms with van der Waals surface area (Å²) in [7, 11) is 3.30. The van der Waals surface area contributed by atoms with E-state index in [1.54, 1.807) is 20.4 Å². The molecular weight excluding hydrogens is 192 g/mol. The molecule has 15 heavy (non-hydrogen) atoms. The zero-order valence-corrected chi connectivity index (χ0v) is 9.27. The van der Waals surface area contributed by atoms with Crippen LogP contribution in [0.2, 0.25) is 0 Å². The van der Waals surface area contributed by atoms with E-state index in [9.17, 15) is 0 Å². The molecule has 0 spiro atoms. The molecule has 1 atom stereocenters. The van der Waals surface area contributed by atoms with Crippen LogP contribution in [-0.4, -0.2) is 25.8 Å². The lowest BCUT2D eigenvalue weighted by Crippen LogP contribution is -2.12. The van der Waals surface area contributed by atoms with Gasteiger partial charge in [0.1, 0.15) is 0 Å². The second-order valence-electron chi connectivity index (χ2n) is 3.34. The fourth-order valence-electron chi connectivity index (χ4n) is 1.46. The molecule has 0 bridgehead atoms. The second kappa shape index (κ2) is 6.37. The fourth-order valence-corrected chi connectivity index (χ4v) is 1.46. The first kappa shape index (κ1) is 11.9. The number of hydrogen-bond donors (Lipinski definition) is 1. The summed E-state index contributed by atoms with van der Waals surface area (Å²) in [6, 6.07) is 3.78. The molecular formula is C11H18N2O2. The summed E-state index contributed by atoms with van der Waals surface area (Å²) >= 11 is 0. The Morgan fingerprint density at radius 3 is 2.93 bits per heavy atom. The SMILES string of the molecule is COCCCC(N)c1cccnc1OC. The van der Waals surface area contributed by atoms with Crippen LogP contribution in [0, 0.1) is 0 Å². The van der Waals surface area contributed by atoms with Gasteiger partial charge >= 0.3 is 0 Å². The summed E-state index contributed by atoms with van der Waals surface area (Å²) in [5.41, 5.74) is 6.99. The fraction of sp³-hybridized carbons (Fsp3) is 0.545. The first-order valence-electron chi connectivity index (χ1n) is 5.03. The number of pyridine rings is 1. The topological polar surface area (TPSA) is 57.4 Å². The third-order valence-electron chi connectivity index (χ3n) is 2.26. The van der Waals surface area contributed by atoms with Gasteiger partial charge in [0.15, 0.2) is 0 Å². The largest absolute Gasteiger partial charge is 0.481 e. The number of aromatic nitrogens is 1. The summed E-state index contributed by atoms with van der Waals surface area (Å²) < 4.78 is 10.1. The van der Waals surface area contributed by atoms with Crippen molar-refractivity contribution in [3.8, 4) is 5.88 Å². The summed E-state index contributed by atoms with van der Waals surface area (Å²) in [5, 5.41) is 0. The molecule has 84 valence electrons. The van der Waals surface area contributed by atoms with Gasteiger partial charge in [0.25, 0.3) is 0 Å². The maximum Gasteiger partial charge on any atom is 0.217 e. The standard InChI is InChI=1S/C11H18N2O2/c1-14-8-4-6-10(12)9-5-3-7-13-11(9)15-2/h3,5,7,10H,4,6,8,12H2,1-2H3. The highest BCUT2D eigenvalue weighted by Gasteiger charge is 2.11. The minimum absolute atomic E-state index is 0.0381. The van der Waals surface area contributed by atoms with Crippen LogP contribution < -0.4 is 10.5 Å². The van der Waals surface area contributed by atoms with E-state index in [0.717, 1.165) is 25.0 Å². The maximum atomic E-state index is 6.04. The maximum absolute atomic E-state index is 6.04. The van der Waals surface area contributed by atoms with Gasteiger partial charge in [-0.1, -0.05) is 6.07 Å². The molecule has 0 aromatic carbocycles. The van der Waals surface area contributed by atoms with Crippen molar-refractivity contribution in [1.82, 2.24) is 4.98 Å². The Hall–Kier alpha value is -1.13. The lowest BCUT2D eigenvalue weighted by atomic mass is 10.0. The van der Waals surface area contributed by atoms with Crippen molar-refractivity contribution in [3.63, 3.8) is 0 Å². The van der Waals surface area contributed by atoms with Crippen LogP contribution in [0.5, 0.6) is 5.88 Å². The van der Waals surface area contributed by atoms with Gasteiger partial charge in [0, 0.05) is 31.5 Å². The van der Waals surface area contributed by atoms with Gasteiger partial charge in [-0.15, -0.1) is 0 Å². The number of hydrogen-bond acceptors (Lipinski definition) is 4. The normalized spacial score (nSPS) is 12.5. The van der Waals surface area contributed by atoms with Crippen LogP contribution >= 0.6 is 0 Å². The van der Waals surface area contributed by atoms with E-state index in [-0.39, 0.29) is 6.04 Å². The number of ether oxygens (including phenoxy) is 2. The van der Waals surface area contributed by atoms with Crippen molar-refractivity contribution in [3.05, 3.63) is 23.9 Å². The Labute approximate surface area is 90.4 Å². The highest BCUT2D eigenvalue weighted by Crippen LogP contribution is 2.23. The van der Waals surface area contributed by atoms with Gasteiger partial charge < -0.3 is 15.2 Å². The molecule has 2 N–H and O–H groups in total. The van der Waals surface area contributed by atoms with E-state index in [1.165, 1.54) is 0 Å². The van der Waals surface area contributed by atoms with Crippen LogP contribution in [0.3, 0.4) is 0 Å². The first-order valence-corrected chi connectivity index (χ1v) is 5.03. The smallest absolute Gasteiger partial charge is 0.217 e. The van der Waals surface area contributed by atoms with E-state index in [1.807, 2.05) is 12.1 Å². The van der Waals surface area contributed by atoms with Gasteiger partial charge in [-0.2, -0.15) is 0 Å². The Morgan fingerprint density at radius 2 is 2.27 bits per heavy atom. The van der Waals surface area contributed by atoms with Gasteiger partial charge in [-0.05, 0) is 18.9 Å². The summed E-state index contributed by atoms with van der Waals surface area (Å²) in [5.74, 6) is 0.613. The van der Waals surface area contributed by atoms with Crippen LogP contribution in [0.15, 0.2) is 18.3 Å². The molecule has 0 fully saturated rings. The van der Waals surface area contributed by atoms with Gasteiger partial charge in [0.2, 0.25) is 5.88 Å². The summed E-state index contributed by atoms with van der Waals surface area (Å²) in [6.07, 6.45) is 3.51. The molecule has 0 amide bonds. The third kappa shape index (κ3) is 3.49. The van der Waals surface area contributed by atoms with Crippen LogP contribution in [0.4, 0.5) is 0 Å². The summed E-state index contributed by atoms with van der Waals surface area (Å²) in [6.45, 7) is 0.732. The molecule has 4 heteroatoms. The first-order chi connectivity index (χ1) is 7.29. The van der Waals surface area contributed by atoms with E-state index >= 15 is 0 Å². The minimum atomic E-state index is -0.0381. The Bertz CT molecular complexity index is 292. The highest BCUT2D eigenvalue weighted by atomic mass is 16.5. The number of nitrogens with two attached hydrogens (primary N) is 1. The molecule has 0 aliphatic carbocycles. The monoisotopic (exact) mass is 210 g/mol. The predicted molar refractivity (Wildman–Crippen MR) is 58.8 cm³/mol. The van der Waals surface area contributed by atoms with Crippen LogP contribution in [0.1, 0.15) is 24.4 Å². The lowest BCUT2D eigenvalue weighted by molar-refractivity contribution is 0.190. The molecule has 1 aromatic heterocycles. The number of rotatable bonds is 6. The van der Waals surface area contributed by atoms with Crippen molar-refractivity contribution in [2.75, 3.05) is 20.8 Å². The minimum Gasteiger partial charge on any atom is -0.481 e. The molecule has 1 unspecified atom stereocenters. The van der Waals surface area contributed by atoms with Crippen molar-refractivity contribution in [2.24, 2.45) is 5.73 Å². The average Bonchev–Trinajstić information content (AvgIpc) is 2.29. The van der Waals surface area contributed by atoms with E-state index in [2.05, 4.69) is 4.98 Å². The molecule has 4 nitrogen and oxygen atoms in total. The third-order valence-corrected chi connectivity index (χ3v) is 2.26. The average molecular weight is 210 g/mol. The van der Waals surface area contributed by atoms with E-state index < -0.39 is 0 Å². The molecule has 0 saturated heterocycles. The molecule has 1 aromatic rings. The van der Waals surface area contributed by atoms with E-state index in [0.29, 0.717) is 5.88 Å². The molecule has 0 radical (unpaired) electrons. The molecule has 0 aliphatic heterocycles. The predicted octanol–water partition coefficient (Wildman–Crippen LogP) is 1.52. The summed E-state index contributed by atoms with van der Waals surface area (Å²) in [4.78, 5) is 4.11. The second-order valence-corrected chi connectivity index (χ2v) is 3.34. The number of nitrogens with zero attached hydrogens (tertiary/aromatic N) is 1. The van der Waals surface area contributed by atoms with Crippen molar-refractivity contribution in [2.45, 2.75) is 18.9 Å². The zero-order chi connectivity index (χ0) is 11.1. The van der Waals surface area contributed by atoms with Crippen molar-refractivity contribution in [1.29, 1.82) is 0 Å². The molecule has 1 rings (SSSR count). The van der Waals surface area contributed by atoms with Crippen LogP contribution in [0.25, 0.3) is 0 Å². The van der Waals surface area contributed by atoms with Gasteiger partial charge in [0.05, 0.1) is 7.11 Å². The van der Waals surface area contributed by atoms with Crippen LogP contribution in [-0.2, 0) is 4.74 Å². The lowest BCUT2D eigenvalue weighted by Gasteiger charge is -2.14. The molecule has 0 saturated carbocycles. The molecule has 1 heterocycles. The number of methoxy groups -OCH3 is 2. The quantitative estimate of drug-likeness (QED) is 0.723. The Morgan fingerprint density at radius 1 is 1.47 bits per heavy atom. The zero-order valence-electron chi connectivity index (χ0n) is 9.27. The molecule has 0 aliphatic rings. The Kier molecular flexibility index (Phi) is 5.07. The van der Waals surface area contributed by atoms with Gasteiger partial charge in [-0.25, -0.2) is 4.98 Å².